The summed E-state index contributed by atoms with van der Waals surface area (Å²) >= 11 is 0. The molecule has 0 amide bonds. The summed E-state index contributed by atoms with van der Waals surface area (Å²) in [4.78, 5) is 0. The fourth-order valence-electron chi connectivity index (χ4n) is 2.91. The van der Waals surface area contributed by atoms with Gasteiger partial charge in [-0.05, 0) is 55.5 Å². The van der Waals surface area contributed by atoms with E-state index in [1.54, 1.807) is 0 Å². The highest BCUT2D eigenvalue weighted by molar-refractivity contribution is 5.49. The lowest BCUT2D eigenvalue weighted by atomic mass is 9.93. The molecule has 0 spiro atoms. The minimum atomic E-state index is 0.365. The zero-order valence-corrected chi connectivity index (χ0v) is 11.0. The summed E-state index contributed by atoms with van der Waals surface area (Å²) in [5.74, 6) is 1.82. The van der Waals surface area contributed by atoms with Crippen LogP contribution in [-0.4, -0.2) is 19.4 Å². The zero-order chi connectivity index (χ0) is 12.4. The van der Waals surface area contributed by atoms with Gasteiger partial charge in [0.15, 0.2) is 11.5 Å². The van der Waals surface area contributed by atoms with Crippen molar-refractivity contribution in [3.05, 3.63) is 23.3 Å². The number of aryl methyl sites for hydroxylation is 1. The molecule has 1 atom stereocenters. The highest BCUT2D eigenvalue weighted by Gasteiger charge is 2.19. The Labute approximate surface area is 108 Å². The lowest BCUT2D eigenvalue weighted by Crippen LogP contribution is -2.35. The predicted molar refractivity (Wildman–Crippen MR) is 71.3 cm³/mol. The molecular formula is C15H21NO2. The number of benzene rings is 1. The number of fused-ring (bicyclic) bond motifs is 1. The van der Waals surface area contributed by atoms with E-state index >= 15 is 0 Å². The molecule has 0 bridgehead atoms. The number of ether oxygens (including phenoxy) is 2. The number of piperidine rings is 1. The SMILES string of the molecule is CCc1cc2c(cc1CC1CCCCN1)OCO2. The fourth-order valence-corrected chi connectivity index (χ4v) is 2.91. The van der Waals surface area contributed by atoms with Crippen molar-refractivity contribution in [2.45, 2.75) is 45.1 Å². The Morgan fingerprint density at radius 3 is 2.61 bits per heavy atom. The van der Waals surface area contributed by atoms with E-state index in [1.807, 2.05) is 0 Å². The van der Waals surface area contributed by atoms with Gasteiger partial charge in [0.05, 0.1) is 0 Å². The fraction of sp³-hybridized carbons (Fsp3) is 0.600. The van der Waals surface area contributed by atoms with E-state index in [-0.39, 0.29) is 0 Å². The van der Waals surface area contributed by atoms with Gasteiger partial charge in [-0.15, -0.1) is 0 Å². The first-order valence-corrected chi connectivity index (χ1v) is 7.01. The Balaban J connectivity index is 1.81. The highest BCUT2D eigenvalue weighted by Crippen LogP contribution is 2.35. The van der Waals surface area contributed by atoms with Gasteiger partial charge in [-0.3, -0.25) is 0 Å². The lowest BCUT2D eigenvalue weighted by molar-refractivity contribution is 0.174. The van der Waals surface area contributed by atoms with Crippen LogP contribution in [-0.2, 0) is 12.8 Å². The number of hydrogen-bond donors (Lipinski definition) is 1. The summed E-state index contributed by atoms with van der Waals surface area (Å²) in [7, 11) is 0. The van der Waals surface area contributed by atoms with Crippen molar-refractivity contribution in [2.24, 2.45) is 0 Å². The molecule has 3 nitrogen and oxygen atoms in total. The van der Waals surface area contributed by atoms with Crippen LogP contribution in [0.15, 0.2) is 12.1 Å². The summed E-state index contributed by atoms with van der Waals surface area (Å²) in [6.45, 7) is 3.73. The van der Waals surface area contributed by atoms with Crippen molar-refractivity contribution in [1.29, 1.82) is 0 Å². The lowest BCUT2D eigenvalue weighted by Gasteiger charge is -2.24. The Bertz CT molecular complexity index is 425. The minimum Gasteiger partial charge on any atom is -0.454 e. The molecule has 0 saturated carbocycles. The van der Waals surface area contributed by atoms with E-state index in [0.29, 0.717) is 12.8 Å². The molecule has 2 heterocycles. The van der Waals surface area contributed by atoms with E-state index in [4.69, 9.17) is 9.47 Å². The van der Waals surface area contributed by atoms with E-state index in [9.17, 15) is 0 Å². The normalized spacial score (nSPS) is 22.2. The van der Waals surface area contributed by atoms with Gasteiger partial charge < -0.3 is 14.8 Å². The van der Waals surface area contributed by atoms with Gasteiger partial charge in [0.2, 0.25) is 6.79 Å². The Morgan fingerprint density at radius 1 is 1.17 bits per heavy atom. The summed E-state index contributed by atoms with van der Waals surface area (Å²) in [5.41, 5.74) is 2.81. The van der Waals surface area contributed by atoms with Gasteiger partial charge >= 0.3 is 0 Å². The summed E-state index contributed by atoms with van der Waals surface area (Å²) in [5, 5.41) is 3.61. The first-order chi connectivity index (χ1) is 8.86. The molecule has 1 aromatic carbocycles. The van der Waals surface area contributed by atoms with Gasteiger partial charge in [-0.25, -0.2) is 0 Å². The third kappa shape index (κ3) is 2.32. The third-order valence-electron chi connectivity index (χ3n) is 3.95. The first kappa shape index (κ1) is 11.8. The molecule has 1 saturated heterocycles. The molecule has 0 radical (unpaired) electrons. The number of hydrogen-bond acceptors (Lipinski definition) is 3. The molecule has 2 aliphatic rings. The van der Waals surface area contributed by atoms with Crippen molar-refractivity contribution in [3.8, 4) is 11.5 Å². The molecule has 18 heavy (non-hydrogen) atoms. The van der Waals surface area contributed by atoms with E-state index in [2.05, 4.69) is 24.4 Å². The van der Waals surface area contributed by atoms with Gasteiger partial charge in [0.1, 0.15) is 0 Å². The van der Waals surface area contributed by atoms with Crippen molar-refractivity contribution in [3.63, 3.8) is 0 Å². The van der Waals surface area contributed by atoms with Gasteiger partial charge in [-0.1, -0.05) is 13.3 Å². The van der Waals surface area contributed by atoms with Crippen LogP contribution in [0.1, 0.15) is 37.3 Å². The minimum absolute atomic E-state index is 0.365. The molecule has 1 N–H and O–H groups in total. The molecule has 3 heteroatoms. The quantitative estimate of drug-likeness (QED) is 0.890. The summed E-state index contributed by atoms with van der Waals surface area (Å²) in [6.07, 6.45) is 6.12. The standard InChI is InChI=1S/C15H21NO2/c1-2-11-8-14-15(18-10-17-14)9-12(11)7-13-5-3-4-6-16-13/h8-9,13,16H,2-7,10H2,1H3. The van der Waals surface area contributed by atoms with Crippen molar-refractivity contribution < 1.29 is 9.47 Å². The molecular weight excluding hydrogens is 226 g/mol. The van der Waals surface area contributed by atoms with Crippen LogP contribution in [0.5, 0.6) is 11.5 Å². The Kier molecular flexibility index (Phi) is 3.41. The van der Waals surface area contributed by atoms with E-state index in [0.717, 1.165) is 30.9 Å². The van der Waals surface area contributed by atoms with Crippen molar-refractivity contribution >= 4 is 0 Å². The molecule has 0 aliphatic carbocycles. The van der Waals surface area contributed by atoms with Crippen LogP contribution >= 0.6 is 0 Å². The third-order valence-corrected chi connectivity index (χ3v) is 3.95. The second kappa shape index (κ2) is 5.19. The van der Waals surface area contributed by atoms with Gasteiger partial charge in [0.25, 0.3) is 0 Å². The van der Waals surface area contributed by atoms with Crippen LogP contribution in [0, 0.1) is 0 Å². The largest absolute Gasteiger partial charge is 0.454 e. The average Bonchev–Trinajstić information content (AvgIpc) is 2.86. The molecule has 98 valence electrons. The van der Waals surface area contributed by atoms with Crippen LogP contribution in [0.3, 0.4) is 0 Å². The maximum atomic E-state index is 5.49. The number of nitrogens with one attached hydrogen (secondary N) is 1. The van der Waals surface area contributed by atoms with Crippen molar-refractivity contribution in [2.75, 3.05) is 13.3 Å². The summed E-state index contributed by atoms with van der Waals surface area (Å²) < 4.78 is 10.9. The van der Waals surface area contributed by atoms with Crippen LogP contribution in [0.2, 0.25) is 0 Å². The van der Waals surface area contributed by atoms with E-state index < -0.39 is 0 Å². The monoisotopic (exact) mass is 247 g/mol. The predicted octanol–water partition coefficient (Wildman–Crippen LogP) is 2.66. The molecule has 1 fully saturated rings. The summed E-state index contributed by atoms with van der Waals surface area (Å²) in [6, 6.07) is 4.96. The first-order valence-electron chi connectivity index (χ1n) is 7.01. The van der Waals surface area contributed by atoms with Crippen LogP contribution in [0.4, 0.5) is 0 Å². The molecule has 0 aromatic heterocycles. The highest BCUT2D eigenvalue weighted by atomic mass is 16.7. The second-order valence-corrected chi connectivity index (χ2v) is 5.18. The van der Waals surface area contributed by atoms with Gasteiger partial charge in [0, 0.05) is 6.04 Å². The molecule has 3 rings (SSSR count). The molecule has 1 unspecified atom stereocenters. The molecule has 1 aromatic rings. The molecule has 2 aliphatic heterocycles. The Hall–Kier alpha value is -1.22. The van der Waals surface area contributed by atoms with E-state index in [1.165, 1.54) is 30.4 Å². The topological polar surface area (TPSA) is 30.5 Å². The maximum absolute atomic E-state index is 5.49. The average molecular weight is 247 g/mol. The Morgan fingerprint density at radius 2 is 1.94 bits per heavy atom. The zero-order valence-electron chi connectivity index (χ0n) is 11.0. The van der Waals surface area contributed by atoms with Crippen LogP contribution in [0.25, 0.3) is 0 Å². The van der Waals surface area contributed by atoms with Crippen LogP contribution < -0.4 is 14.8 Å². The second-order valence-electron chi connectivity index (χ2n) is 5.18. The van der Waals surface area contributed by atoms with Crippen molar-refractivity contribution in [1.82, 2.24) is 5.32 Å². The smallest absolute Gasteiger partial charge is 0.231 e. The maximum Gasteiger partial charge on any atom is 0.231 e. The van der Waals surface area contributed by atoms with Gasteiger partial charge in [-0.2, -0.15) is 0 Å². The number of rotatable bonds is 3.